The maximum Gasteiger partial charge on any atom is 0.260 e. The van der Waals surface area contributed by atoms with Crippen molar-refractivity contribution in [2.75, 3.05) is 50.2 Å². The minimum absolute atomic E-state index is 0. The molecule has 1 aliphatic heterocycles. The fourth-order valence-corrected chi connectivity index (χ4v) is 5.20. The number of hydrogen-bond donors (Lipinski definition) is 0. The van der Waals surface area contributed by atoms with Gasteiger partial charge in [-0.2, -0.15) is 0 Å². The molecule has 2 aromatic carbocycles. The van der Waals surface area contributed by atoms with Gasteiger partial charge in [0.25, 0.3) is 5.91 Å². The Balaban J connectivity index is 0.00000380. The van der Waals surface area contributed by atoms with Gasteiger partial charge in [-0.1, -0.05) is 25.2 Å². The van der Waals surface area contributed by atoms with E-state index in [9.17, 15) is 14.4 Å². The van der Waals surface area contributed by atoms with Crippen molar-refractivity contribution >= 4 is 62.5 Å². The number of anilines is 2. The highest BCUT2D eigenvalue weighted by Crippen LogP contribution is 2.37. The number of methoxy groups -OCH3 is 2. The van der Waals surface area contributed by atoms with Crippen LogP contribution in [0, 0.1) is 0 Å². The van der Waals surface area contributed by atoms with E-state index in [1.165, 1.54) is 16.2 Å². The maximum absolute atomic E-state index is 13.7. The molecule has 4 rings (SSSR count). The van der Waals surface area contributed by atoms with Crippen LogP contribution in [0.5, 0.6) is 11.5 Å². The number of likely N-dealkylation sites (N-methyl/N-ethyl adjacent to an activating group) is 1. The number of imide groups is 1. The number of ether oxygens (including phenoxy) is 2. The molecule has 0 spiro atoms. The third kappa shape index (κ3) is 5.87. The molecule has 0 unspecified atom stereocenters. The number of carbonyl (C=O) groups is 3. The molecule has 198 valence electrons. The highest BCUT2D eigenvalue weighted by Gasteiger charge is 2.30. The Labute approximate surface area is 226 Å². The molecular formula is C26H31ClN4O5S. The number of thiazole rings is 1. The van der Waals surface area contributed by atoms with Crippen molar-refractivity contribution in [3.63, 3.8) is 0 Å². The van der Waals surface area contributed by atoms with Crippen LogP contribution in [-0.2, 0) is 9.59 Å². The Morgan fingerprint density at radius 3 is 2.14 bits per heavy atom. The summed E-state index contributed by atoms with van der Waals surface area (Å²) in [7, 11) is 3.16. The summed E-state index contributed by atoms with van der Waals surface area (Å²) in [5.41, 5.74) is 1.65. The smallest absolute Gasteiger partial charge is 0.260 e. The Hall–Kier alpha value is -3.21. The van der Waals surface area contributed by atoms with E-state index < -0.39 is 0 Å². The zero-order valence-corrected chi connectivity index (χ0v) is 23.0. The fourth-order valence-electron chi connectivity index (χ4n) is 4.20. The number of hydrogen-bond acceptors (Lipinski definition) is 8. The summed E-state index contributed by atoms with van der Waals surface area (Å²) in [4.78, 5) is 47.7. The molecular weight excluding hydrogens is 516 g/mol. The molecule has 37 heavy (non-hydrogen) atoms. The highest BCUT2D eigenvalue weighted by atomic mass is 35.5. The summed E-state index contributed by atoms with van der Waals surface area (Å²) >= 11 is 1.41. The second-order valence-corrected chi connectivity index (χ2v) is 9.33. The van der Waals surface area contributed by atoms with Crippen molar-refractivity contribution in [1.29, 1.82) is 0 Å². The van der Waals surface area contributed by atoms with Gasteiger partial charge >= 0.3 is 0 Å². The van der Waals surface area contributed by atoms with Crippen molar-refractivity contribution in [3.8, 4) is 11.5 Å². The standard InChI is InChI=1S/C26H30N4O5S.ClH/c1-5-28(6-2)13-14-29(26-27-19-15-20(34-3)21(35-4)16-22(19)36-26)25(33)17-7-9-18(10-8-17)30-23(31)11-12-24(30)32;/h7-10,15-16H,5-6,11-14H2,1-4H3;1H. The molecule has 2 heterocycles. The summed E-state index contributed by atoms with van der Waals surface area (Å²) in [6.07, 6.45) is 0.428. The predicted octanol–water partition coefficient (Wildman–Crippen LogP) is 4.38. The lowest BCUT2D eigenvalue weighted by Crippen LogP contribution is -2.39. The number of aromatic nitrogens is 1. The molecule has 3 aromatic rings. The summed E-state index contributed by atoms with van der Waals surface area (Å²) in [6, 6.07) is 10.3. The maximum atomic E-state index is 13.7. The van der Waals surface area contributed by atoms with Gasteiger partial charge in [0.15, 0.2) is 16.6 Å². The monoisotopic (exact) mass is 546 g/mol. The largest absolute Gasteiger partial charge is 0.493 e. The molecule has 1 fully saturated rings. The predicted molar refractivity (Wildman–Crippen MR) is 148 cm³/mol. The van der Waals surface area contributed by atoms with Gasteiger partial charge in [-0.25, -0.2) is 4.98 Å². The first kappa shape index (κ1) is 28.4. The Morgan fingerprint density at radius 1 is 0.973 bits per heavy atom. The third-order valence-electron chi connectivity index (χ3n) is 6.32. The van der Waals surface area contributed by atoms with E-state index >= 15 is 0 Å². The Bertz CT molecular complexity index is 1220. The summed E-state index contributed by atoms with van der Waals surface area (Å²) < 4.78 is 11.7. The molecule has 9 nitrogen and oxygen atoms in total. The van der Waals surface area contributed by atoms with Gasteiger partial charge in [-0.3, -0.25) is 24.2 Å². The zero-order chi connectivity index (χ0) is 25.8. The van der Waals surface area contributed by atoms with Crippen LogP contribution in [-0.4, -0.2) is 68.0 Å². The second-order valence-electron chi connectivity index (χ2n) is 8.32. The van der Waals surface area contributed by atoms with E-state index in [-0.39, 0.29) is 43.0 Å². The van der Waals surface area contributed by atoms with Gasteiger partial charge in [0.2, 0.25) is 11.8 Å². The molecule has 3 amide bonds. The van der Waals surface area contributed by atoms with Gasteiger partial charge in [0, 0.05) is 43.6 Å². The topological polar surface area (TPSA) is 92.3 Å². The molecule has 0 N–H and O–H groups in total. The van der Waals surface area contributed by atoms with Crippen LogP contribution in [0.3, 0.4) is 0 Å². The van der Waals surface area contributed by atoms with Gasteiger partial charge in [0.1, 0.15) is 0 Å². The Morgan fingerprint density at radius 2 is 1.57 bits per heavy atom. The fraction of sp³-hybridized carbons (Fsp3) is 0.385. The van der Waals surface area contributed by atoms with E-state index in [2.05, 4.69) is 18.7 Å². The summed E-state index contributed by atoms with van der Waals surface area (Å²) in [6.45, 7) is 7.07. The van der Waals surface area contributed by atoms with Gasteiger partial charge in [-0.05, 0) is 37.4 Å². The first-order valence-electron chi connectivity index (χ1n) is 11.9. The lowest BCUT2D eigenvalue weighted by atomic mass is 10.1. The number of amides is 3. The highest BCUT2D eigenvalue weighted by molar-refractivity contribution is 7.22. The third-order valence-corrected chi connectivity index (χ3v) is 7.36. The molecule has 1 aliphatic rings. The Kier molecular flexibility index (Phi) is 9.47. The SMILES string of the molecule is CCN(CC)CCN(C(=O)c1ccc(N2C(=O)CCC2=O)cc1)c1nc2cc(OC)c(OC)cc2s1.Cl. The number of fused-ring (bicyclic) bond motifs is 1. The van der Waals surface area contributed by atoms with Crippen molar-refractivity contribution in [2.24, 2.45) is 0 Å². The minimum atomic E-state index is -0.222. The number of carbonyl (C=O) groups excluding carboxylic acids is 3. The van der Waals surface area contributed by atoms with E-state index in [1.807, 2.05) is 6.07 Å². The first-order valence-corrected chi connectivity index (χ1v) is 12.7. The lowest BCUT2D eigenvalue weighted by Gasteiger charge is -2.25. The van der Waals surface area contributed by atoms with Crippen LogP contribution in [0.4, 0.5) is 10.8 Å². The van der Waals surface area contributed by atoms with E-state index in [0.29, 0.717) is 41.0 Å². The van der Waals surface area contributed by atoms with Crippen LogP contribution >= 0.6 is 23.7 Å². The van der Waals surface area contributed by atoms with Crippen LogP contribution < -0.4 is 19.3 Å². The van der Waals surface area contributed by atoms with Gasteiger partial charge in [-0.15, -0.1) is 12.4 Å². The van der Waals surface area contributed by atoms with Crippen molar-refractivity contribution in [2.45, 2.75) is 26.7 Å². The normalized spacial score (nSPS) is 13.3. The molecule has 1 aromatic heterocycles. The van der Waals surface area contributed by atoms with Crippen LogP contribution in [0.2, 0.25) is 0 Å². The lowest BCUT2D eigenvalue weighted by molar-refractivity contribution is -0.121. The number of benzene rings is 2. The first-order chi connectivity index (χ1) is 17.4. The van der Waals surface area contributed by atoms with E-state index in [0.717, 1.165) is 23.3 Å². The van der Waals surface area contributed by atoms with Crippen LogP contribution in [0.1, 0.15) is 37.0 Å². The molecule has 1 saturated heterocycles. The quantitative estimate of drug-likeness (QED) is 0.348. The number of rotatable bonds is 10. The molecule has 0 aliphatic carbocycles. The van der Waals surface area contributed by atoms with Crippen molar-refractivity contribution in [3.05, 3.63) is 42.0 Å². The van der Waals surface area contributed by atoms with Gasteiger partial charge in [0.05, 0.1) is 30.1 Å². The summed E-state index contributed by atoms with van der Waals surface area (Å²) in [5, 5.41) is 0.575. The van der Waals surface area contributed by atoms with Crippen LogP contribution in [0.25, 0.3) is 10.2 Å². The zero-order valence-electron chi connectivity index (χ0n) is 21.4. The van der Waals surface area contributed by atoms with Crippen LogP contribution in [0.15, 0.2) is 36.4 Å². The molecule has 0 saturated carbocycles. The number of nitrogens with zero attached hydrogens (tertiary/aromatic N) is 4. The molecule has 0 radical (unpaired) electrons. The second kappa shape index (κ2) is 12.4. The van der Waals surface area contributed by atoms with Crippen molar-refractivity contribution < 1.29 is 23.9 Å². The molecule has 0 bridgehead atoms. The molecule has 0 atom stereocenters. The van der Waals surface area contributed by atoms with Gasteiger partial charge < -0.3 is 14.4 Å². The van der Waals surface area contributed by atoms with Crippen molar-refractivity contribution in [1.82, 2.24) is 9.88 Å². The minimum Gasteiger partial charge on any atom is -0.493 e. The average molecular weight is 547 g/mol. The average Bonchev–Trinajstić information content (AvgIpc) is 3.47. The van der Waals surface area contributed by atoms with E-state index in [4.69, 9.17) is 14.5 Å². The summed E-state index contributed by atoms with van der Waals surface area (Å²) in [5.74, 6) is 0.526. The number of halogens is 1. The molecule has 11 heteroatoms. The van der Waals surface area contributed by atoms with E-state index in [1.54, 1.807) is 49.5 Å².